The summed E-state index contributed by atoms with van der Waals surface area (Å²) in [5.74, 6) is 0.273. The Morgan fingerprint density at radius 1 is 1.36 bits per heavy atom. The number of carbonyl (C=O) groups excluding carboxylic acids is 2. The maximum Gasteiger partial charge on any atom is 0.312 e. The highest BCUT2D eigenvalue weighted by Crippen LogP contribution is 2.61. The van der Waals surface area contributed by atoms with Gasteiger partial charge >= 0.3 is 5.97 Å². The van der Waals surface area contributed by atoms with Gasteiger partial charge in [-0.3, -0.25) is 9.59 Å². The molecule has 0 spiro atoms. The van der Waals surface area contributed by atoms with Gasteiger partial charge in [0.05, 0.1) is 17.1 Å². The third kappa shape index (κ3) is 3.22. The van der Waals surface area contributed by atoms with Crippen molar-refractivity contribution in [2.45, 2.75) is 57.1 Å². The van der Waals surface area contributed by atoms with Crippen LogP contribution in [0, 0.1) is 17.3 Å². The molecule has 5 nitrogen and oxygen atoms in total. The third-order valence-corrected chi connectivity index (χ3v) is 7.20. The predicted octanol–water partition coefficient (Wildman–Crippen LogP) is 2.80. The van der Waals surface area contributed by atoms with E-state index in [0.29, 0.717) is 18.3 Å². The molecule has 4 aliphatic rings. The maximum absolute atomic E-state index is 12.7. The number of hydrogen-bond donors (Lipinski definition) is 2. The van der Waals surface area contributed by atoms with Crippen molar-refractivity contribution in [2.75, 3.05) is 6.61 Å². The monoisotopic (exact) mass is 363 g/mol. The fraction of sp³-hybridized carbons (Fsp3) is 0.684. The minimum absolute atomic E-state index is 0.0912. The summed E-state index contributed by atoms with van der Waals surface area (Å²) < 4.78 is 5.39. The van der Waals surface area contributed by atoms with Crippen molar-refractivity contribution in [3.8, 4) is 0 Å². The second kappa shape index (κ2) is 6.09. The van der Waals surface area contributed by atoms with Crippen molar-refractivity contribution < 1.29 is 19.4 Å². The molecule has 4 bridgehead atoms. The molecule has 1 amide bonds. The number of aliphatic hydroxyl groups is 1. The highest BCUT2D eigenvalue weighted by molar-refractivity contribution is 7.10. The summed E-state index contributed by atoms with van der Waals surface area (Å²) in [6.07, 6.45) is 4.86. The first-order valence-electron chi connectivity index (χ1n) is 9.10. The van der Waals surface area contributed by atoms with Crippen LogP contribution in [0.4, 0.5) is 0 Å². The fourth-order valence-electron chi connectivity index (χ4n) is 5.63. The van der Waals surface area contributed by atoms with Crippen molar-refractivity contribution in [1.82, 2.24) is 5.32 Å². The Balaban J connectivity index is 1.34. The van der Waals surface area contributed by atoms with Crippen molar-refractivity contribution >= 4 is 23.2 Å². The lowest BCUT2D eigenvalue weighted by molar-refractivity contribution is -0.196. The molecule has 0 aliphatic heterocycles. The Bertz CT molecular complexity index is 657. The van der Waals surface area contributed by atoms with Gasteiger partial charge in [0.25, 0.3) is 5.91 Å². The maximum atomic E-state index is 12.7. The van der Waals surface area contributed by atoms with E-state index in [1.165, 1.54) is 0 Å². The number of amides is 1. The summed E-state index contributed by atoms with van der Waals surface area (Å²) in [7, 11) is 0. The van der Waals surface area contributed by atoms with Crippen LogP contribution in [0.15, 0.2) is 17.5 Å². The molecule has 5 rings (SSSR count). The second-order valence-corrected chi connectivity index (χ2v) is 9.33. The van der Waals surface area contributed by atoms with Crippen LogP contribution in [0.3, 0.4) is 0 Å². The Hall–Kier alpha value is -1.40. The number of ether oxygens (including phenoxy) is 1. The van der Waals surface area contributed by atoms with Crippen LogP contribution in [0.1, 0.15) is 56.4 Å². The molecule has 1 aromatic rings. The zero-order chi connectivity index (χ0) is 17.7. The van der Waals surface area contributed by atoms with Crippen molar-refractivity contribution in [1.29, 1.82) is 0 Å². The zero-order valence-corrected chi connectivity index (χ0v) is 15.3. The average Bonchev–Trinajstić information content (AvgIpc) is 3.04. The van der Waals surface area contributed by atoms with Crippen molar-refractivity contribution in [3.63, 3.8) is 0 Å². The summed E-state index contributed by atoms with van der Waals surface area (Å²) in [6.45, 7) is 1.67. The van der Waals surface area contributed by atoms with Crippen molar-refractivity contribution in [2.24, 2.45) is 17.3 Å². The summed E-state index contributed by atoms with van der Waals surface area (Å²) in [6, 6.07) is 3.82. The molecule has 0 aromatic carbocycles. The molecule has 2 N–H and O–H groups in total. The van der Waals surface area contributed by atoms with Crippen LogP contribution in [0.5, 0.6) is 0 Å². The number of nitrogens with one attached hydrogen (secondary N) is 1. The number of carbonyl (C=O) groups is 2. The van der Waals surface area contributed by atoms with Gasteiger partial charge < -0.3 is 15.2 Å². The molecule has 136 valence electrons. The number of thiophene rings is 1. The SMILES string of the molecule is C[C@H](NC(=O)COC(=O)C12C[C@@H]3C[C@@H](CC(O)(C3)C1)C2)c1cccs1. The lowest BCUT2D eigenvalue weighted by Crippen LogP contribution is -2.58. The smallest absolute Gasteiger partial charge is 0.312 e. The van der Waals surface area contributed by atoms with Gasteiger partial charge in [0.1, 0.15) is 0 Å². The van der Waals surface area contributed by atoms with Gasteiger partial charge in [0.2, 0.25) is 0 Å². The van der Waals surface area contributed by atoms with Crippen molar-refractivity contribution in [3.05, 3.63) is 22.4 Å². The van der Waals surface area contributed by atoms with Gasteiger partial charge in [-0.2, -0.15) is 0 Å². The fourth-order valence-corrected chi connectivity index (χ4v) is 6.36. The Morgan fingerprint density at radius 2 is 2.08 bits per heavy atom. The van der Waals surface area contributed by atoms with Gasteiger partial charge in [-0.25, -0.2) is 0 Å². The summed E-state index contributed by atoms with van der Waals surface area (Å²) in [5, 5.41) is 15.6. The van der Waals surface area contributed by atoms with E-state index in [1.807, 2.05) is 24.4 Å². The molecular weight excluding hydrogens is 338 g/mol. The van der Waals surface area contributed by atoms with Gasteiger partial charge in [0.15, 0.2) is 6.61 Å². The average molecular weight is 363 g/mol. The van der Waals surface area contributed by atoms with E-state index in [1.54, 1.807) is 11.3 Å². The third-order valence-electron chi connectivity index (χ3n) is 6.15. The first-order valence-corrected chi connectivity index (χ1v) is 9.98. The molecule has 1 heterocycles. The zero-order valence-electron chi connectivity index (χ0n) is 14.5. The van der Waals surface area contributed by atoms with Crippen LogP contribution >= 0.6 is 11.3 Å². The Kier molecular flexibility index (Phi) is 4.15. The molecule has 4 aliphatic carbocycles. The predicted molar refractivity (Wildman–Crippen MR) is 93.9 cm³/mol. The Labute approximate surface area is 151 Å². The molecular formula is C19H25NO4S. The molecule has 25 heavy (non-hydrogen) atoms. The highest BCUT2D eigenvalue weighted by atomic mass is 32.1. The number of hydrogen-bond acceptors (Lipinski definition) is 5. The molecule has 0 saturated heterocycles. The van der Waals surface area contributed by atoms with Crippen LogP contribution in [0.2, 0.25) is 0 Å². The standard InChI is InChI=1S/C19H25NO4S/c1-12(15-3-2-4-25-15)20-16(21)10-24-17(22)18-6-13-5-14(7-18)9-19(23,8-13)11-18/h2-4,12-14,23H,5-11H2,1H3,(H,20,21)/t12-,13-,14+,18?,19?/m0/s1. The highest BCUT2D eigenvalue weighted by Gasteiger charge is 2.60. The van der Waals surface area contributed by atoms with E-state index in [2.05, 4.69) is 5.32 Å². The van der Waals surface area contributed by atoms with Crippen LogP contribution in [0.25, 0.3) is 0 Å². The summed E-state index contributed by atoms with van der Waals surface area (Å²) >= 11 is 1.59. The minimum Gasteiger partial charge on any atom is -0.455 e. The van der Waals surface area contributed by atoms with E-state index in [9.17, 15) is 14.7 Å². The number of esters is 1. The van der Waals surface area contributed by atoms with Gasteiger partial charge in [-0.05, 0) is 68.7 Å². The Morgan fingerprint density at radius 3 is 2.68 bits per heavy atom. The van der Waals surface area contributed by atoms with Crippen LogP contribution < -0.4 is 5.32 Å². The summed E-state index contributed by atoms with van der Waals surface area (Å²) in [5.41, 5.74) is -1.27. The molecule has 1 aromatic heterocycles. The minimum atomic E-state index is -0.695. The van der Waals surface area contributed by atoms with Gasteiger partial charge in [-0.1, -0.05) is 6.07 Å². The lowest BCUT2D eigenvalue weighted by atomic mass is 9.48. The first-order chi connectivity index (χ1) is 11.9. The first kappa shape index (κ1) is 17.0. The summed E-state index contributed by atoms with van der Waals surface area (Å²) in [4.78, 5) is 25.9. The van der Waals surface area contributed by atoms with E-state index < -0.39 is 11.0 Å². The van der Waals surface area contributed by atoms with E-state index in [0.717, 1.165) is 37.0 Å². The van der Waals surface area contributed by atoms with E-state index in [4.69, 9.17) is 4.74 Å². The molecule has 5 atom stereocenters. The molecule has 4 fully saturated rings. The number of rotatable bonds is 5. The quantitative estimate of drug-likeness (QED) is 0.789. The van der Waals surface area contributed by atoms with Gasteiger partial charge in [-0.15, -0.1) is 11.3 Å². The molecule has 2 unspecified atom stereocenters. The molecule has 0 radical (unpaired) electrons. The normalized spacial score (nSPS) is 36.9. The van der Waals surface area contributed by atoms with Crippen LogP contribution in [-0.2, 0) is 14.3 Å². The largest absolute Gasteiger partial charge is 0.455 e. The molecule has 6 heteroatoms. The van der Waals surface area contributed by atoms with E-state index in [-0.39, 0.29) is 24.5 Å². The molecule has 4 saturated carbocycles. The topological polar surface area (TPSA) is 75.6 Å². The van der Waals surface area contributed by atoms with Gasteiger partial charge in [0, 0.05) is 4.88 Å². The van der Waals surface area contributed by atoms with E-state index >= 15 is 0 Å². The lowest BCUT2D eigenvalue weighted by Gasteiger charge is -2.58. The second-order valence-electron chi connectivity index (χ2n) is 8.35. The van der Waals surface area contributed by atoms with Crippen LogP contribution in [-0.4, -0.2) is 29.2 Å².